The molecule has 0 N–H and O–H groups in total. The second-order valence-electron chi connectivity index (χ2n) is 8.07. The van der Waals surface area contributed by atoms with Gasteiger partial charge in [-0.25, -0.2) is 8.42 Å². The van der Waals surface area contributed by atoms with Gasteiger partial charge in [-0.3, -0.25) is 9.69 Å². The van der Waals surface area contributed by atoms with E-state index in [0.29, 0.717) is 13.0 Å². The van der Waals surface area contributed by atoms with Gasteiger partial charge in [0.15, 0.2) is 9.84 Å². The molecule has 1 saturated heterocycles. The molecule has 2 atom stereocenters. The highest BCUT2D eigenvalue weighted by Gasteiger charge is 2.39. The first kappa shape index (κ1) is 18.0. The highest BCUT2D eigenvalue weighted by atomic mass is 32.2. The number of aromatic nitrogens is 1. The summed E-state index contributed by atoms with van der Waals surface area (Å²) in [7, 11) is -2.99. The Morgan fingerprint density at radius 3 is 2.65 bits per heavy atom. The predicted octanol–water partition coefficient (Wildman–Crippen LogP) is 1.82. The average molecular weight is 380 g/mol. The van der Waals surface area contributed by atoms with Gasteiger partial charge in [0.25, 0.3) is 0 Å². The van der Waals surface area contributed by atoms with E-state index in [-0.39, 0.29) is 35.5 Å². The Morgan fingerprint density at radius 2 is 1.96 bits per heavy atom. The minimum atomic E-state index is -2.99. The third-order valence-corrected chi connectivity index (χ3v) is 8.17. The maximum Gasteiger partial charge on any atom is 0.237 e. The number of hydrogen-bond donors (Lipinski definition) is 0. The molecule has 26 heavy (non-hydrogen) atoms. The van der Waals surface area contributed by atoms with E-state index in [2.05, 4.69) is 34.7 Å². The minimum Gasteiger partial charge on any atom is -0.349 e. The van der Waals surface area contributed by atoms with E-state index >= 15 is 0 Å². The van der Waals surface area contributed by atoms with Gasteiger partial charge < -0.3 is 9.47 Å². The Kier molecular flexibility index (Phi) is 4.86. The second kappa shape index (κ2) is 7.00. The van der Waals surface area contributed by atoms with Crippen LogP contribution in [0.5, 0.6) is 0 Å². The van der Waals surface area contributed by atoms with E-state index in [1.54, 1.807) is 0 Å². The van der Waals surface area contributed by atoms with Gasteiger partial charge in [0.05, 0.1) is 18.1 Å². The third-order valence-electron chi connectivity index (χ3n) is 6.41. The predicted molar refractivity (Wildman–Crippen MR) is 101 cm³/mol. The molecule has 0 bridgehead atoms. The quantitative estimate of drug-likeness (QED) is 0.801. The number of amides is 1. The normalized spacial score (nSPS) is 29.0. The van der Waals surface area contributed by atoms with Crippen molar-refractivity contribution >= 4 is 15.7 Å². The number of fused-ring (bicyclic) bond motifs is 1. The van der Waals surface area contributed by atoms with Gasteiger partial charge in [-0.05, 0) is 38.3 Å². The van der Waals surface area contributed by atoms with Crippen LogP contribution < -0.4 is 0 Å². The van der Waals surface area contributed by atoms with Gasteiger partial charge >= 0.3 is 0 Å². The van der Waals surface area contributed by atoms with E-state index in [4.69, 9.17) is 0 Å². The van der Waals surface area contributed by atoms with Gasteiger partial charge in [-0.1, -0.05) is 12.8 Å². The summed E-state index contributed by atoms with van der Waals surface area (Å²) >= 11 is 0. The van der Waals surface area contributed by atoms with Crippen LogP contribution in [0.3, 0.4) is 0 Å². The number of rotatable bonds is 4. The SMILES string of the molecule is C[C@@H]1c2cccn2CCN1CC(=O)N(C1CCCC1)[C@@H]1CCS(=O)(=O)C1. The van der Waals surface area contributed by atoms with Crippen molar-refractivity contribution in [3.05, 3.63) is 24.0 Å². The molecular formula is C19H29N3O3S. The molecule has 7 heteroatoms. The van der Waals surface area contributed by atoms with Crippen LogP contribution in [-0.4, -0.2) is 65.4 Å². The second-order valence-corrected chi connectivity index (χ2v) is 10.3. The lowest BCUT2D eigenvalue weighted by Gasteiger charge is -2.39. The van der Waals surface area contributed by atoms with E-state index < -0.39 is 9.84 Å². The third kappa shape index (κ3) is 3.43. The fourth-order valence-electron chi connectivity index (χ4n) is 4.98. The first-order valence-corrected chi connectivity index (χ1v) is 11.7. The highest BCUT2D eigenvalue weighted by molar-refractivity contribution is 7.91. The van der Waals surface area contributed by atoms with Gasteiger partial charge in [0.2, 0.25) is 5.91 Å². The summed E-state index contributed by atoms with van der Waals surface area (Å²) in [6.07, 6.45) is 7.01. The summed E-state index contributed by atoms with van der Waals surface area (Å²) in [6, 6.07) is 4.50. The zero-order valence-corrected chi connectivity index (χ0v) is 16.3. The van der Waals surface area contributed by atoms with Crippen molar-refractivity contribution in [1.29, 1.82) is 0 Å². The molecule has 4 rings (SSSR count). The lowest BCUT2D eigenvalue weighted by Crippen LogP contribution is -2.52. The monoisotopic (exact) mass is 379 g/mol. The first-order chi connectivity index (χ1) is 12.4. The topological polar surface area (TPSA) is 62.6 Å². The molecule has 1 aromatic rings. The molecule has 1 saturated carbocycles. The Balaban J connectivity index is 1.50. The Morgan fingerprint density at radius 1 is 1.19 bits per heavy atom. The largest absolute Gasteiger partial charge is 0.349 e. The van der Waals surface area contributed by atoms with Crippen molar-refractivity contribution in [2.75, 3.05) is 24.6 Å². The summed E-state index contributed by atoms with van der Waals surface area (Å²) < 4.78 is 26.2. The van der Waals surface area contributed by atoms with Crippen LogP contribution in [0.25, 0.3) is 0 Å². The van der Waals surface area contributed by atoms with Gasteiger partial charge in [0.1, 0.15) is 0 Å². The summed E-state index contributed by atoms with van der Waals surface area (Å²) in [4.78, 5) is 17.5. The van der Waals surface area contributed by atoms with E-state index in [9.17, 15) is 13.2 Å². The molecule has 0 spiro atoms. The minimum absolute atomic E-state index is 0.117. The maximum atomic E-state index is 13.3. The van der Waals surface area contributed by atoms with Crippen LogP contribution in [-0.2, 0) is 21.2 Å². The van der Waals surface area contributed by atoms with Crippen molar-refractivity contribution in [2.24, 2.45) is 0 Å². The van der Waals surface area contributed by atoms with Crippen LogP contribution in [0.2, 0.25) is 0 Å². The number of carbonyl (C=O) groups excluding carboxylic acids is 1. The van der Waals surface area contributed by atoms with E-state index in [0.717, 1.165) is 38.8 Å². The molecule has 0 unspecified atom stereocenters. The van der Waals surface area contributed by atoms with Crippen molar-refractivity contribution in [2.45, 2.75) is 63.7 Å². The van der Waals surface area contributed by atoms with Crippen molar-refractivity contribution in [3.8, 4) is 0 Å². The van der Waals surface area contributed by atoms with Crippen molar-refractivity contribution < 1.29 is 13.2 Å². The molecule has 3 aliphatic rings. The Labute approximate surface area is 156 Å². The van der Waals surface area contributed by atoms with Crippen LogP contribution in [0, 0.1) is 0 Å². The Hall–Kier alpha value is -1.34. The van der Waals surface area contributed by atoms with Gasteiger partial charge in [0, 0.05) is 43.1 Å². The highest BCUT2D eigenvalue weighted by Crippen LogP contribution is 2.31. The molecule has 0 radical (unpaired) electrons. The number of sulfone groups is 1. The van der Waals surface area contributed by atoms with Crippen LogP contribution in [0.15, 0.2) is 18.3 Å². The molecule has 1 aromatic heterocycles. The first-order valence-electron chi connectivity index (χ1n) is 9.85. The molecule has 144 valence electrons. The summed E-state index contributed by atoms with van der Waals surface area (Å²) in [5.41, 5.74) is 1.25. The van der Waals surface area contributed by atoms with Gasteiger partial charge in [-0.2, -0.15) is 0 Å². The number of carbonyl (C=O) groups is 1. The molecule has 3 heterocycles. The zero-order chi connectivity index (χ0) is 18.3. The summed E-state index contributed by atoms with van der Waals surface area (Å²) in [5.74, 6) is 0.487. The van der Waals surface area contributed by atoms with Crippen molar-refractivity contribution in [3.63, 3.8) is 0 Å². The van der Waals surface area contributed by atoms with E-state index in [1.165, 1.54) is 5.69 Å². The molecule has 0 aromatic carbocycles. The fourth-order valence-corrected chi connectivity index (χ4v) is 6.69. The molecular weight excluding hydrogens is 350 g/mol. The fraction of sp³-hybridized carbons (Fsp3) is 0.737. The van der Waals surface area contributed by atoms with Crippen LogP contribution in [0.1, 0.15) is 50.8 Å². The molecule has 1 amide bonds. The summed E-state index contributed by atoms with van der Waals surface area (Å²) in [6.45, 7) is 4.30. The van der Waals surface area contributed by atoms with Crippen LogP contribution >= 0.6 is 0 Å². The zero-order valence-electron chi connectivity index (χ0n) is 15.5. The molecule has 1 aliphatic carbocycles. The maximum absolute atomic E-state index is 13.3. The van der Waals surface area contributed by atoms with Crippen molar-refractivity contribution in [1.82, 2.24) is 14.4 Å². The Bertz CT molecular complexity index is 767. The lowest BCUT2D eigenvalue weighted by atomic mass is 10.1. The van der Waals surface area contributed by atoms with Gasteiger partial charge in [-0.15, -0.1) is 0 Å². The number of nitrogens with zero attached hydrogens (tertiary/aromatic N) is 3. The average Bonchev–Trinajstić information content (AvgIpc) is 3.32. The summed E-state index contributed by atoms with van der Waals surface area (Å²) in [5, 5.41) is 0. The standard InChI is InChI=1S/C19H29N3O3S/c1-15-18-7-4-9-20(18)10-11-21(15)13-19(23)22(16-5-2-3-6-16)17-8-12-26(24,25)14-17/h4,7,9,15-17H,2-3,5-6,8,10-14H2,1H3/t15-,17-/m1/s1. The molecule has 2 aliphatic heterocycles. The lowest BCUT2D eigenvalue weighted by molar-refractivity contribution is -0.137. The van der Waals surface area contributed by atoms with Crippen LogP contribution in [0.4, 0.5) is 0 Å². The van der Waals surface area contributed by atoms with E-state index in [1.807, 2.05) is 4.90 Å². The molecule has 2 fully saturated rings. The smallest absolute Gasteiger partial charge is 0.237 e. The molecule has 6 nitrogen and oxygen atoms in total. The number of hydrogen-bond acceptors (Lipinski definition) is 4.